The van der Waals surface area contributed by atoms with E-state index < -0.39 is 0 Å². The first-order valence-corrected chi connectivity index (χ1v) is 6.90. The van der Waals surface area contributed by atoms with Gasteiger partial charge in [0, 0.05) is 42.4 Å². The molecule has 4 heteroatoms. The number of hydrogen-bond donors (Lipinski definition) is 1. The second-order valence-electron chi connectivity index (χ2n) is 4.61. The predicted octanol–water partition coefficient (Wildman–Crippen LogP) is 1.66. The summed E-state index contributed by atoms with van der Waals surface area (Å²) in [7, 11) is 0. The van der Waals surface area contributed by atoms with Gasteiger partial charge in [0.1, 0.15) is 0 Å². The third-order valence-corrected chi connectivity index (χ3v) is 4.57. The van der Waals surface area contributed by atoms with E-state index in [4.69, 9.17) is 0 Å². The Morgan fingerprint density at radius 2 is 2.29 bits per heavy atom. The molecule has 17 heavy (non-hydrogen) atoms. The monoisotopic (exact) mass is 248 g/mol. The van der Waals surface area contributed by atoms with Gasteiger partial charge in [-0.15, -0.1) is 11.8 Å². The van der Waals surface area contributed by atoms with Crippen molar-refractivity contribution in [1.82, 2.24) is 5.32 Å². The van der Waals surface area contributed by atoms with E-state index >= 15 is 0 Å². The number of hydrogen-bond acceptors (Lipinski definition) is 3. The minimum absolute atomic E-state index is 0.146. The van der Waals surface area contributed by atoms with E-state index in [1.165, 1.54) is 10.5 Å². The summed E-state index contributed by atoms with van der Waals surface area (Å²) in [6, 6.07) is 6.49. The van der Waals surface area contributed by atoms with Crippen LogP contribution in [0.2, 0.25) is 0 Å². The second kappa shape index (κ2) is 4.35. The molecule has 1 fully saturated rings. The lowest BCUT2D eigenvalue weighted by molar-refractivity contribution is -0.116. The Morgan fingerprint density at radius 1 is 1.47 bits per heavy atom. The van der Waals surface area contributed by atoms with E-state index in [1.807, 2.05) is 16.7 Å². The molecule has 1 N–H and O–H groups in total. The topological polar surface area (TPSA) is 32.3 Å². The summed E-state index contributed by atoms with van der Waals surface area (Å²) in [5.41, 5.74) is 2.42. The Balaban J connectivity index is 1.80. The average molecular weight is 248 g/mol. The van der Waals surface area contributed by atoms with Crippen molar-refractivity contribution < 1.29 is 4.79 Å². The lowest BCUT2D eigenvalue weighted by Gasteiger charge is -2.26. The SMILES string of the molecule is CC(=O)N1CCc2cc(SC3CNC3)ccc21. The van der Waals surface area contributed by atoms with Crippen molar-refractivity contribution >= 4 is 23.4 Å². The maximum absolute atomic E-state index is 11.4. The predicted molar refractivity (Wildman–Crippen MR) is 70.7 cm³/mol. The van der Waals surface area contributed by atoms with Crippen molar-refractivity contribution in [3.8, 4) is 0 Å². The molecular weight excluding hydrogens is 232 g/mol. The van der Waals surface area contributed by atoms with Crippen LogP contribution in [-0.2, 0) is 11.2 Å². The summed E-state index contributed by atoms with van der Waals surface area (Å²) in [4.78, 5) is 14.6. The van der Waals surface area contributed by atoms with Gasteiger partial charge in [-0.05, 0) is 30.2 Å². The van der Waals surface area contributed by atoms with E-state index in [0.717, 1.165) is 37.0 Å². The Morgan fingerprint density at radius 3 is 2.94 bits per heavy atom. The van der Waals surface area contributed by atoms with Crippen LogP contribution >= 0.6 is 11.8 Å². The minimum Gasteiger partial charge on any atom is -0.314 e. The molecule has 0 bridgehead atoms. The molecule has 1 saturated heterocycles. The van der Waals surface area contributed by atoms with Crippen molar-refractivity contribution in [2.45, 2.75) is 23.5 Å². The van der Waals surface area contributed by atoms with Gasteiger partial charge in [0.15, 0.2) is 0 Å². The van der Waals surface area contributed by atoms with Crippen LogP contribution in [0.1, 0.15) is 12.5 Å². The van der Waals surface area contributed by atoms with Gasteiger partial charge in [0.2, 0.25) is 5.91 Å². The lowest BCUT2D eigenvalue weighted by atomic mass is 10.2. The van der Waals surface area contributed by atoms with E-state index in [-0.39, 0.29) is 5.91 Å². The molecule has 0 radical (unpaired) electrons. The highest BCUT2D eigenvalue weighted by Crippen LogP contribution is 2.34. The summed E-state index contributed by atoms with van der Waals surface area (Å²) < 4.78 is 0. The molecule has 2 heterocycles. The van der Waals surface area contributed by atoms with Crippen LogP contribution in [0.25, 0.3) is 0 Å². The molecule has 1 aromatic rings. The van der Waals surface area contributed by atoms with Gasteiger partial charge in [-0.1, -0.05) is 0 Å². The molecular formula is C13H16N2OS. The highest BCUT2D eigenvalue weighted by atomic mass is 32.2. The number of nitrogens with zero attached hydrogens (tertiary/aromatic N) is 1. The number of amides is 1. The zero-order valence-electron chi connectivity index (χ0n) is 9.90. The number of rotatable bonds is 2. The fourth-order valence-electron chi connectivity index (χ4n) is 2.32. The molecule has 1 aromatic carbocycles. The van der Waals surface area contributed by atoms with E-state index in [2.05, 4.69) is 23.5 Å². The molecule has 2 aliphatic heterocycles. The van der Waals surface area contributed by atoms with Crippen LogP contribution in [0.4, 0.5) is 5.69 Å². The summed E-state index contributed by atoms with van der Waals surface area (Å²) in [5.74, 6) is 0.146. The quantitative estimate of drug-likeness (QED) is 0.864. The minimum atomic E-state index is 0.146. The second-order valence-corrected chi connectivity index (χ2v) is 5.98. The van der Waals surface area contributed by atoms with Crippen LogP contribution in [0.15, 0.2) is 23.1 Å². The molecule has 2 aliphatic rings. The Kier molecular flexibility index (Phi) is 2.84. The zero-order valence-corrected chi connectivity index (χ0v) is 10.7. The van der Waals surface area contributed by atoms with Crippen molar-refractivity contribution in [1.29, 1.82) is 0 Å². The third kappa shape index (κ3) is 2.07. The number of fused-ring (bicyclic) bond motifs is 1. The van der Waals surface area contributed by atoms with Gasteiger partial charge in [-0.25, -0.2) is 0 Å². The molecule has 0 aromatic heterocycles. The highest BCUT2D eigenvalue weighted by molar-refractivity contribution is 8.00. The van der Waals surface area contributed by atoms with Gasteiger partial charge in [-0.2, -0.15) is 0 Å². The smallest absolute Gasteiger partial charge is 0.223 e. The molecule has 0 saturated carbocycles. The van der Waals surface area contributed by atoms with Crippen molar-refractivity contribution in [2.24, 2.45) is 0 Å². The standard InChI is InChI=1S/C13H16N2OS/c1-9(16)15-5-4-10-6-11(2-3-13(10)15)17-12-7-14-8-12/h2-3,6,12,14H,4-5,7-8H2,1H3. The van der Waals surface area contributed by atoms with Crippen LogP contribution in [-0.4, -0.2) is 30.8 Å². The molecule has 90 valence electrons. The normalized spacial score (nSPS) is 19.0. The fraction of sp³-hybridized carbons (Fsp3) is 0.462. The first kappa shape index (κ1) is 11.1. The van der Waals surface area contributed by atoms with Crippen molar-refractivity contribution in [3.63, 3.8) is 0 Å². The number of thioether (sulfide) groups is 1. The molecule has 0 unspecified atom stereocenters. The van der Waals surface area contributed by atoms with Crippen LogP contribution < -0.4 is 10.2 Å². The summed E-state index contributed by atoms with van der Waals surface area (Å²) >= 11 is 1.94. The summed E-state index contributed by atoms with van der Waals surface area (Å²) in [6.07, 6.45) is 0.992. The summed E-state index contributed by atoms with van der Waals surface area (Å²) in [5, 5.41) is 4.00. The number of carbonyl (C=O) groups excluding carboxylic acids is 1. The fourth-order valence-corrected chi connectivity index (χ4v) is 3.46. The first-order valence-electron chi connectivity index (χ1n) is 6.02. The first-order chi connectivity index (χ1) is 8.24. The van der Waals surface area contributed by atoms with Gasteiger partial charge in [0.25, 0.3) is 0 Å². The van der Waals surface area contributed by atoms with E-state index in [0.29, 0.717) is 0 Å². The van der Waals surface area contributed by atoms with Crippen LogP contribution in [0.5, 0.6) is 0 Å². The zero-order chi connectivity index (χ0) is 11.8. The maximum Gasteiger partial charge on any atom is 0.223 e. The molecule has 3 rings (SSSR count). The molecule has 3 nitrogen and oxygen atoms in total. The number of carbonyl (C=O) groups is 1. The Bertz CT molecular complexity index is 457. The van der Waals surface area contributed by atoms with Crippen LogP contribution in [0.3, 0.4) is 0 Å². The summed E-state index contributed by atoms with van der Waals surface area (Å²) in [6.45, 7) is 4.70. The molecule has 0 spiro atoms. The van der Waals surface area contributed by atoms with E-state index in [9.17, 15) is 4.79 Å². The molecule has 0 atom stereocenters. The van der Waals surface area contributed by atoms with Crippen molar-refractivity contribution in [2.75, 3.05) is 24.5 Å². The Labute approximate surface area is 106 Å². The highest BCUT2D eigenvalue weighted by Gasteiger charge is 2.23. The van der Waals surface area contributed by atoms with E-state index in [1.54, 1.807) is 6.92 Å². The molecule has 1 amide bonds. The number of anilines is 1. The van der Waals surface area contributed by atoms with Gasteiger partial charge in [-0.3, -0.25) is 4.79 Å². The number of benzene rings is 1. The van der Waals surface area contributed by atoms with Crippen LogP contribution in [0, 0.1) is 0 Å². The average Bonchev–Trinajstić information content (AvgIpc) is 2.66. The number of nitrogens with one attached hydrogen (secondary N) is 1. The van der Waals surface area contributed by atoms with Crippen molar-refractivity contribution in [3.05, 3.63) is 23.8 Å². The van der Waals surface area contributed by atoms with Gasteiger partial charge >= 0.3 is 0 Å². The van der Waals surface area contributed by atoms with Gasteiger partial charge < -0.3 is 10.2 Å². The van der Waals surface area contributed by atoms with Gasteiger partial charge in [0.05, 0.1) is 0 Å². The Hall–Kier alpha value is -1.00. The lowest BCUT2D eigenvalue weighted by Crippen LogP contribution is -2.44. The largest absolute Gasteiger partial charge is 0.314 e. The third-order valence-electron chi connectivity index (χ3n) is 3.37. The molecule has 0 aliphatic carbocycles. The maximum atomic E-state index is 11.4.